The molecule has 1 N–H and O–H groups in total. The van der Waals surface area contributed by atoms with Gasteiger partial charge in [-0.25, -0.2) is 15.3 Å². The summed E-state index contributed by atoms with van der Waals surface area (Å²) in [7, 11) is 0. The molecule has 9 heteroatoms. The minimum absolute atomic E-state index is 0.0251. The van der Waals surface area contributed by atoms with E-state index >= 15 is 0 Å². The molecule has 1 unspecified atom stereocenters. The highest BCUT2D eigenvalue weighted by Crippen LogP contribution is 2.32. The first-order chi connectivity index (χ1) is 14.8. The van der Waals surface area contributed by atoms with Crippen LogP contribution in [0.3, 0.4) is 0 Å². The molecule has 1 atom stereocenters. The molecule has 1 amide bonds. The number of fused-ring (bicyclic) bond motifs is 1. The minimum atomic E-state index is -4.58. The summed E-state index contributed by atoms with van der Waals surface area (Å²) in [5, 5.41) is 0. The molecule has 0 bridgehead atoms. The van der Waals surface area contributed by atoms with Crippen LogP contribution in [0.5, 0.6) is 0 Å². The Morgan fingerprint density at radius 2 is 2.00 bits per heavy atom. The van der Waals surface area contributed by atoms with Crippen LogP contribution in [-0.2, 0) is 22.3 Å². The van der Waals surface area contributed by atoms with E-state index in [1.54, 1.807) is 49.4 Å². The van der Waals surface area contributed by atoms with Crippen LogP contribution in [0.25, 0.3) is 11.0 Å². The van der Waals surface area contributed by atoms with Crippen molar-refractivity contribution in [3.8, 4) is 0 Å². The Balaban J connectivity index is 1.50. The van der Waals surface area contributed by atoms with Gasteiger partial charge < -0.3 is 9.30 Å². The van der Waals surface area contributed by atoms with Gasteiger partial charge >= 0.3 is 6.18 Å². The molecule has 0 spiro atoms. The lowest BCUT2D eigenvalue weighted by atomic mass is 10.1. The Morgan fingerprint density at radius 1 is 1.23 bits per heavy atom. The Hall–Kier alpha value is -2.91. The third-order valence-electron chi connectivity index (χ3n) is 5.14. The van der Waals surface area contributed by atoms with E-state index in [0.29, 0.717) is 35.2 Å². The number of ether oxygens (including phenoxy) is 1. The number of nitrogens with zero attached hydrogens (tertiary/aromatic N) is 2. The van der Waals surface area contributed by atoms with Gasteiger partial charge in [0.15, 0.2) is 6.29 Å². The molecule has 0 aliphatic carbocycles. The van der Waals surface area contributed by atoms with E-state index in [4.69, 9.17) is 9.57 Å². The first-order valence-electron chi connectivity index (χ1n) is 10.0. The number of alkyl halides is 3. The van der Waals surface area contributed by atoms with Gasteiger partial charge in [0, 0.05) is 25.1 Å². The van der Waals surface area contributed by atoms with Gasteiger partial charge in [-0.3, -0.25) is 4.79 Å². The van der Waals surface area contributed by atoms with Crippen LogP contribution in [-0.4, -0.2) is 28.4 Å². The number of imidazole rings is 1. The van der Waals surface area contributed by atoms with Crippen LogP contribution in [0.4, 0.5) is 13.2 Å². The highest BCUT2D eigenvalue weighted by atomic mass is 19.4. The molecule has 31 heavy (non-hydrogen) atoms. The van der Waals surface area contributed by atoms with Crippen molar-refractivity contribution in [2.75, 3.05) is 6.61 Å². The van der Waals surface area contributed by atoms with Gasteiger partial charge in [-0.1, -0.05) is 18.2 Å². The molecule has 4 rings (SSSR count). The zero-order chi connectivity index (χ0) is 22.0. The topological polar surface area (TPSA) is 65.4 Å². The molecule has 2 heterocycles. The second-order valence-electron chi connectivity index (χ2n) is 7.55. The summed E-state index contributed by atoms with van der Waals surface area (Å²) in [5.41, 5.74) is 4.84. The van der Waals surface area contributed by atoms with Gasteiger partial charge in [-0.05, 0) is 55.2 Å². The van der Waals surface area contributed by atoms with Crippen molar-refractivity contribution in [3.63, 3.8) is 0 Å². The van der Waals surface area contributed by atoms with E-state index in [2.05, 4.69) is 10.5 Å². The number of rotatable bonds is 5. The van der Waals surface area contributed by atoms with Crippen molar-refractivity contribution in [3.05, 3.63) is 65.0 Å². The fraction of sp³-hybridized carbons (Fsp3) is 0.364. The van der Waals surface area contributed by atoms with Gasteiger partial charge in [-0.15, -0.1) is 0 Å². The fourth-order valence-corrected chi connectivity index (χ4v) is 3.54. The van der Waals surface area contributed by atoms with E-state index in [0.717, 1.165) is 23.0 Å². The zero-order valence-electron chi connectivity index (χ0n) is 16.9. The maximum Gasteiger partial charge on any atom is 0.449 e. The Morgan fingerprint density at radius 3 is 2.68 bits per heavy atom. The minimum Gasteiger partial charge on any atom is -0.350 e. The molecule has 0 radical (unpaired) electrons. The first kappa shape index (κ1) is 21.3. The first-order valence-corrected chi connectivity index (χ1v) is 10.0. The number of aryl methyl sites for hydroxylation is 1. The molecule has 6 nitrogen and oxygen atoms in total. The maximum atomic E-state index is 13.5. The Kier molecular flexibility index (Phi) is 5.97. The molecule has 0 saturated carbocycles. The van der Waals surface area contributed by atoms with Gasteiger partial charge in [0.05, 0.1) is 11.0 Å². The molecular formula is C22H22F3N3O3. The second kappa shape index (κ2) is 8.68. The van der Waals surface area contributed by atoms with Crippen LogP contribution >= 0.6 is 0 Å². The van der Waals surface area contributed by atoms with Crippen LogP contribution in [0.1, 0.15) is 46.6 Å². The van der Waals surface area contributed by atoms with Crippen molar-refractivity contribution >= 4 is 16.9 Å². The standard InChI is InChI=1S/C22H22F3N3O3/c1-14-5-10-18-17(12-14)26-21(22(23,24)25)28(18)13-15-6-8-16(9-7-15)20(29)27-31-19-4-2-3-11-30-19/h5-10,12,19H,2-4,11,13H2,1H3,(H,27,29). The van der Waals surface area contributed by atoms with Crippen molar-refractivity contribution in [2.45, 2.75) is 45.2 Å². The van der Waals surface area contributed by atoms with E-state index in [-0.39, 0.29) is 6.54 Å². The number of hydrogen-bond acceptors (Lipinski definition) is 4. The highest BCUT2D eigenvalue weighted by Gasteiger charge is 2.37. The summed E-state index contributed by atoms with van der Waals surface area (Å²) in [4.78, 5) is 21.3. The summed E-state index contributed by atoms with van der Waals surface area (Å²) in [5.74, 6) is -1.39. The summed E-state index contributed by atoms with van der Waals surface area (Å²) in [6, 6.07) is 11.4. The summed E-state index contributed by atoms with van der Waals surface area (Å²) >= 11 is 0. The molecule has 1 aliphatic rings. The number of carbonyl (C=O) groups excluding carboxylic acids is 1. The van der Waals surface area contributed by atoms with Gasteiger partial charge in [0.1, 0.15) is 0 Å². The summed E-state index contributed by atoms with van der Waals surface area (Å²) in [6.07, 6.45) is -2.39. The number of amides is 1. The average Bonchev–Trinajstić information content (AvgIpc) is 3.11. The van der Waals surface area contributed by atoms with Crippen molar-refractivity contribution in [1.29, 1.82) is 0 Å². The van der Waals surface area contributed by atoms with Crippen molar-refractivity contribution in [1.82, 2.24) is 15.0 Å². The molecule has 1 saturated heterocycles. The van der Waals surface area contributed by atoms with Gasteiger partial charge in [0.25, 0.3) is 5.91 Å². The SMILES string of the molecule is Cc1ccc2c(c1)nc(C(F)(F)F)n2Cc1ccc(C(=O)NOC2CCCCO2)cc1. The maximum absolute atomic E-state index is 13.5. The predicted octanol–water partition coefficient (Wildman–Crippen LogP) is 4.60. The van der Waals surface area contributed by atoms with Gasteiger partial charge in [0.2, 0.25) is 5.82 Å². The quantitative estimate of drug-likeness (QED) is 0.598. The molecule has 1 aliphatic heterocycles. The molecule has 1 fully saturated rings. The monoisotopic (exact) mass is 433 g/mol. The number of hydrogen-bond donors (Lipinski definition) is 1. The number of benzene rings is 2. The number of nitrogens with one attached hydrogen (secondary N) is 1. The largest absolute Gasteiger partial charge is 0.449 e. The molecule has 3 aromatic rings. The number of carbonyl (C=O) groups is 1. The molecule has 2 aromatic carbocycles. The summed E-state index contributed by atoms with van der Waals surface area (Å²) < 4.78 is 47.1. The second-order valence-corrected chi connectivity index (χ2v) is 7.55. The number of aromatic nitrogens is 2. The summed E-state index contributed by atoms with van der Waals surface area (Å²) in [6.45, 7) is 2.37. The van der Waals surface area contributed by atoms with Crippen LogP contribution in [0, 0.1) is 6.92 Å². The van der Waals surface area contributed by atoms with E-state index in [1.165, 1.54) is 0 Å². The molecule has 164 valence electrons. The highest BCUT2D eigenvalue weighted by molar-refractivity contribution is 5.93. The lowest BCUT2D eigenvalue weighted by Crippen LogP contribution is -2.33. The van der Waals surface area contributed by atoms with Crippen LogP contribution < -0.4 is 5.48 Å². The number of halogens is 3. The van der Waals surface area contributed by atoms with Crippen LogP contribution in [0.15, 0.2) is 42.5 Å². The third-order valence-corrected chi connectivity index (χ3v) is 5.14. The third kappa shape index (κ3) is 4.88. The number of hydroxylamine groups is 1. The fourth-order valence-electron chi connectivity index (χ4n) is 3.54. The smallest absolute Gasteiger partial charge is 0.350 e. The zero-order valence-corrected chi connectivity index (χ0v) is 16.9. The lowest BCUT2D eigenvalue weighted by molar-refractivity contribution is -0.186. The Labute approximate surface area is 176 Å². The lowest BCUT2D eigenvalue weighted by Gasteiger charge is -2.22. The van der Waals surface area contributed by atoms with E-state index in [1.807, 2.05) is 0 Å². The van der Waals surface area contributed by atoms with Crippen molar-refractivity contribution < 1.29 is 27.5 Å². The molecule has 1 aromatic heterocycles. The Bertz CT molecular complexity index is 1070. The molecular weight excluding hydrogens is 411 g/mol. The average molecular weight is 433 g/mol. The van der Waals surface area contributed by atoms with Gasteiger partial charge in [-0.2, -0.15) is 13.2 Å². The van der Waals surface area contributed by atoms with Crippen molar-refractivity contribution in [2.24, 2.45) is 0 Å². The van der Waals surface area contributed by atoms with E-state index < -0.39 is 24.2 Å². The normalized spacial score (nSPS) is 17.1. The predicted molar refractivity (Wildman–Crippen MR) is 107 cm³/mol. The van der Waals surface area contributed by atoms with Crippen LogP contribution in [0.2, 0.25) is 0 Å². The van der Waals surface area contributed by atoms with E-state index in [9.17, 15) is 18.0 Å².